The van der Waals surface area contributed by atoms with Gasteiger partial charge in [-0.05, 0) is 26.4 Å². The van der Waals surface area contributed by atoms with Gasteiger partial charge in [-0.15, -0.1) is 0 Å². The molecule has 0 atom stereocenters. The smallest absolute Gasteiger partial charge is 0.188 e. The van der Waals surface area contributed by atoms with Gasteiger partial charge in [-0.25, -0.2) is 0 Å². The summed E-state index contributed by atoms with van der Waals surface area (Å²) in [6, 6.07) is 0.546. The average molecular weight is 240 g/mol. The van der Waals surface area contributed by atoms with Crippen molar-refractivity contribution >= 4 is 5.96 Å². The Labute approximate surface area is 106 Å². The summed E-state index contributed by atoms with van der Waals surface area (Å²) in [7, 11) is 2.10. The number of aliphatic imine (C=N–C) groups is 1. The Morgan fingerprint density at radius 3 is 2.53 bits per heavy atom. The molecule has 1 fully saturated rings. The minimum absolute atomic E-state index is 0.546. The van der Waals surface area contributed by atoms with Gasteiger partial charge in [-0.2, -0.15) is 0 Å². The first-order valence-electron chi connectivity index (χ1n) is 6.97. The van der Waals surface area contributed by atoms with Crippen LogP contribution in [0.5, 0.6) is 0 Å². The van der Waals surface area contributed by atoms with Crippen LogP contribution in [0.15, 0.2) is 4.99 Å². The maximum absolute atomic E-state index is 5.90. The van der Waals surface area contributed by atoms with Gasteiger partial charge in [-0.1, -0.05) is 32.6 Å². The fraction of sp³-hybridized carbons (Fsp3) is 0.923. The van der Waals surface area contributed by atoms with Crippen LogP contribution in [-0.4, -0.2) is 43.6 Å². The molecule has 1 saturated carbocycles. The fourth-order valence-electron chi connectivity index (χ4n) is 2.18. The summed E-state index contributed by atoms with van der Waals surface area (Å²) >= 11 is 0. The van der Waals surface area contributed by atoms with Crippen LogP contribution < -0.4 is 11.1 Å². The first-order valence-corrected chi connectivity index (χ1v) is 6.97. The fourth-order valence-corrected chi connectivity index (χ4v) is 2.18. The Morgan fingerprint density at radius 1 is 1.29 bits per heavy atom. The molecule has 1 aliphatic carbocycles. The maximum atomic E-state index is 5.90. The molecule has 0 aromatic heterocycles. The maximum Gasteiger partial charge on any atom is 0.188 e. The molecular formula is C13H28N4. The molecule has 4 heteroatoms. The van der Waals surface area contributed by atoms with Gasteiger partial charge in [0.15, 0.2) is 5.96 Å². The molecule has 1 rings (SSSR count). The summed E-state index contributed by atoms with van der Waals surface area (Å²) in [6.45, 7) is 4.97. The van der Waals surface area contributed by atoms with E-state index in [-0.39, 0.29) is 0 Å². The summed E-state index contributed by atoms with van der Waals surface area (Å²) in [5, 5.41) is 3.36. The zero-order chi connectivity index (χ0) is 12.5. The average Bonchev–Trinajstić information content (AvgIpc) is 2.57. The minimum atomic E-state index is 0.546. The van der Waals surface area contributed by atoms with Crippen molar-refractivity contribution in [3.05, 3.63) is 0 Å². The molecule has 0 bridgehead atoms. The van der Waals surface area contributed by atoms with Crippen LogP contribution >= 0.6 is 0 Å². The molecule has 1 aliphatic rings. The quantitative estimate of drug-likeness (QED) is 0.436. The number of rotatable bonds is 5. The molecular weight excluding hydrogens is 212 g/mol. The molecule has 0 heterocycles. The van der Waals surface area contributed by atoms with E-state index in [4.69, 9.17) is 5.73 Å². The van der Waals surface area contributed by atoms with E-state index in [1.165, 1.54) is 38.5 Å². The molecule has 0 unspecified atom stereocenters. The molecule has 0 amide bonds. The van der Waals surface area contributed by atoms with Crippen LogP contribution in [0, 0.1) is 0 Å². The second-order valence-electron chi connectivity index (χ2n) is 5.00. The highest BCUT2D eigenvalue weighted by molar-refractivity contribution is 5.78. The molecule has 0 aliphatic heterocycles. The lowest BCUT2D eigenvalue weighted by molar-refractivity contribution is 0.363. The lowest BCUT2D eigenvalue weighted by atomic mass is 10.1. The van der Waals surface area contributed by atoms with E-state index in [2.05, 4.69) is 29.2 Å². The van der Waals surface area contributed by atoms with Crippen molar-refractivity contribution in [1.29, 1.82) is 0 Å². The van der Waals surface area contributed by atoms with Crippen LogP contribution in [0.3, 0.4) is 0 Å². The van der Waals surface area contributed by atoms with Gasteiger partial charge in [0.05, 0.1) is 6.54 Å². The SMILES string of the molecule is CCN(C)CCN=C(N)NC1CCCCCC1. The number of likely N-dealkylation sites (N-methyl/N-ethyl adjacent to an activating group) is 1. The largest absolute Gasteiger partial charge is 0.370 e. The van der Waals surface area contributed by atoms with Crippen molar-refractivity contribution in [1.82, 2.24) is 10.2 Å². The van der Waals surface area contributed by atoms with Crippen molar-refractivity contribution < 1.29 is 0 Å². The first-order chi connectivity index (χ1) is 8.22. The first kappa shape index (κ1) is 14.3. The lowest BCUT2D eigenvalue weighted by Gasteiger charge is -2.17. The summed E-state index contributed by atoms with van der Waals surface area (Å²) in [4.78, 5) is 6.62. The summed E-state index contributed by atoms with van der Waals surface area (Å²) in [5.41, 5.74) is 5.90. The van der Waals surface area contributed by atoms with Crippen LogP contribution in [-0.2, 0) is 0 Å². The third-order valence-electron chi connectivity index (χ3n) is 3.51. The van der Waals surface area contributed by atoms with Gasteiger partial charge in [0, 0.05) is 12.6 Å². The van der Waals surface area contributed by atoms with Crippen molar-refractivity contribution in [2.24, 2.45) is 10.7 Å². The van der Waals surface area contributed by atoms with E-state index in [9.17, 15) is 0 Å². The van der Waals surface area contributed by atoms with Gasteiger partial charge in [0.1, 0.15) is 0 Å². The predicted octanol–water partition coefficient (Wildman–Crippen LogP) is 1.57. The second kappa shape index (κ2) is 8.34. The zero-order valence-electron chi connectivity index (χ0n) is 11.4. The van der Waals surface area contributed by atoms with Crippen molar-refractivity contribution in [2.45, 2.75) is 51.5 Å². The lowest BCUT2D eigenvalue weighted by Crippen LogP contribution is -2.40. The van der Waals surface area contributed by atoms with E-state index in [1.807, 2.05) is 0 Å². The summed E-state index contributed by atoms with van der Waals surface area (Å²) in [6.07, 6.45) is 7.87. The number of hydrogen-bond donors (Lipinski definition) is 2. The van der Waals surface area contributed by atoms with E-state index in [1.54, 1.807) is 0 Å². The topological polar surface area (TPSA) is 53.6 Å². The zero-order valence-corrected chi connectivity index (χ0v) is 11.4. The summed E-state index contributed by atoms with van der Waals surface area (Å²) in [5.74, 6) is 0.626. The van der Waals surface area contributed by atoms with Gasteiger partial charge in [0.2, 0.25) is 0 Å². The van der Waals surface area contributed by atoms with Crippen molar-refractivity contribution in [2.75, 3.05) is 26.7 Å². The standard InChI is InChI=1S/C13H28N4/c1-3-17(2)11-10-15-13(14)16-12-8-6-4-5-7-9-12/h12H,3-11H2,1-2H3,(H3,14,15,16). The number of nitrogens with two attached hydrogens (primary N) is 1. The minimum Gasteiger partial charge on any atom is -0.370 e. The molecule has 4 nitrogen and oxygen atoms in total. The normalized spacial score (nSPS) is 19.4. The molecule has 0 spiro atoms. The molecule has 0 saturated heterocycles. The van der Waals surface area contributed by atoms with Gasteiger partial charge in [0.25, 0.3) is 0 Å². The van der Waals surface area contributed by atoms with Crippen LogP contribution in [0.4, 0.5) is 0 Å². The third-order valence-corrected chi connectivity index (χ3v) is 3.51. The highest BCUT2D eigenvalue weighted by Crippen LogP contribution is 2.16. The van der Waals surface area contributed by atoms with Crippen molar-refractivity contribution in [3.63, 3.8) is 0 Å². The Kier molecular flexibility index (Phi) is 7.01. The van der Waals surface area contributed by atoms with E-state index in [0.717, 1.165) is 19.6 Å². The molecule has 100 valence electrons. The highest BCUT2D eigenvalue weighted by atomic mass is 15.1. The second-order valence-corrected chi connectivity index (χ2v) is 5.00. The van der Waals surface area contributed by atoms with Gasteiger partial charge in [-0.3, -0.25) is 4.99 Å². The highest BCUT2D eigenvalue weighted by Gasteiger charge is 2.11. The van der Waals surface area contributed by atoms with E-state index < -0.39 is 0 Å². The number of nitrogens with one attached hydrogen (secondary N) is 1. The Morgan fingerprint density at radius 2 is 1.94 bits per heavy atom. The number of guanidine groups is 1. The Hall–Kier alpha value is -0.770. The van der Waals surface area contributed by atoms with E-state index >= 15 is 0 Å². The molecule has 17 heavy (non-hydrogen) atoms. The van der Waals surface area contributed by atoms with Gasteiger partial charge >= 0.3 is 0 Å². The van der Waals surface area contributed by atoms with Crippen molar-refractivity contribution in [3.8, 4) is 0 Å². The Balaban J connectivity index is 2.21. The predicted molar refractivity (Wildman–Crippen MR) is 74.3 cm³/mol. The monoisotopic (exact) mass is 240 g/mol. The number of hydrogen-bond acceptors (Lipinski definition) is 2. The van der Waals surface area contributed by atoms with E-state index in [0.29, 0.717) is 12.0 Å². The van der Waals surface area contributed by atoms with Crippen LogP contribution in [0.2, 0.25) is 0 Å². The molecule has 3 N–H and O–H groups in total. The third kappa shape index (κ3) is 6.51. The summed E-state index contributed by atoms with van der Waals surface area (Å²) < 4.78 is 0. The molecule has 0 aromatic carbocycles. The van der Waals surface area contributed by atoms with Crippen LogP contribution in [0.1, 0.15) is 45.4 Å². The molecule has 0 radical (unpaired) electrons. The van der Waals surface area contributed by atoms with Crippen LogP contribution in [0.25, 0.3) is 0 Å². The Bertz CT molecular complexity index is 219. The van der Waals surface area contributed by atoms with Gasteiger partial charge < -0.3 is 16.0 Å². The number of nitrogens with zero attached hydrogens (tertiary/aromatic N) is 2. The molecule has 0 aromatic rings.